The van der Waals surface area contributed by atoms with Gasteiger partial charge in [0.05, 0.1) is 17.6 Å². The second-order valence-electron chi connectivity index (χ2n) is 4.37. The van der Waals surface area contributed by atoms with Crippen molar-refractivity contribution in [3.63, 3.8) is 0 Å². The Labute approximate surface area is 105 Å². The van der Waals surface area contributed by atoms with Crippen LogP contribution in [0, 0.1) is 11.3 Å². The minimum Gasteiger partial charge on any atom is -0.511 e. The number of aliphatic hydroxyl groups is 1. The maximum absolute atomic E-state index is 10.1. The molecule has 1 N–H and O–H groups in total. The van der Waals surface area contributed by atoms with E-state index in [0.29, 0.717) is 11.3 Å². The van der Waals surface area contributed by atoms with Crippen molar-refractivity contribution in [3.8, 4) is 6.07 Å². The van der Waals surface area contributed by atoms with E-state index in [1.165, 1.54) is 0 Å². The van der Waals surface area contributed by atoms with Gasteiger partial charge in [0.15, 0.2) is 0 Å². The van der Waals surface area contributed by atoms with E-state index in [0.717, 1.165) is 16.7 Å². The van der Waals surface area contributed by atoms with Crippen molar-refractivity contribution in [1.82, 2.24) is 0 Å². The Hall–Kier alpha value is -2.53. The number of fused-ring (bicyclic) bond motifs is 1. The number of nitriles is 1. The summed E-state index contributed by atoms with van der Waals surface area (Å²) in [5.74, 6) is 0.195. The predicted molar refractivity (Wildman–Crippen MR) is 70.0 cm³/mol. The summed E-state index contributed by atoms with van der Waals surface area (Å²) in [6.07, 6.45) is 1.79. The zero-order valence-electron chi connectivity index (χ0n) is 9.67. The monoisotopic (exact) mass is 233 g/mol. The van der Waals surface area contributed by atoms with E-state index in [-0.39, 0.29) is 5.92 Å². The largest absolute Gasteiger partial charge is 0.511 e. The topological polar surface area (TPSA) is 44.0 Å². The molecule has 0 saturated carbocycles. The molecule has 0 radical (unpaired) electrons. The summed E-state index contributed by atoms with van der Waals surface area (Å²) >= 11 is 0. The number of hydrogen-bond donors (Lipinski definition) is 1. The maximum Gasteiger partial charge on any atom is 0.105 e. The molecular formula is C16H11NO. The second-order valence-corrected chi connectivity index (χ2v) is 4.37. The zero-order valence-corrected chi connectivity index (χ0v) is 9.67. The Morgan fingerprint density at radius 3 is 2.72 bits per heavy atom. The third-order valence-corrected chi connectivity index (χ3v) is 3.26. The van der Waals surface area contributed by atoms with Crippen LogP contribution in [0.1, 0.15) is 28.2 Å². The molecule has 0 aromatic heterocycles. The fourth-order valence-electron chi connectivity index (χ4n) is 2.45. The van der Waals surface area contributed by atoms with E-state index in [4.69, 9.17) is 5.26 Å². The van der Waals surface area contributed by atoms with Crippen molar-refractivity contribution in [1.29, 1.82) is 5.26 Å². The quantitative estimate of drug-likeness (QED) is 0.817. The van der Waals surface area contributed by atoms with Crippen molar-refractivity contribution in [2.24, 2.45) is 0 Å². The molecule has 3 rings (SSSR count). The van der Waals surface area contributed by atoms with Crippen LogP contribution in [-0.4, -0.2) is 5.11 Å². The fraction of sp³-hybridized carbons (Fsp3) is 0.0625. The van der Waals surface area contributed by atoms with Gasteiger partial charge in [-0.25, -0.2) is 0 Å². The lowest BCUT2D eigenvalue weighted by molar-refractivity contribution is 0.391. The minimum atomic E-state index is -0.144. The van der Waals surface area contributed by atoms with Crippen LogP contribution in [0.25, 0.3) is 6.08 Å². The number of rotatable bonds is 1. The van der Waals surface area contributed by atoms with Crippen LogP contribution >= 0.6 is 0 Å². The summed E-state index contributed by atoms with van der Waals surface area (Å²) in [6, 6.07) is 17.4. The molecule has 2 aromatic carbocycles. The van der Waals surface area contributed by atoms with Crippen LogP contribution in [0.2, 0.25) is 0 Å². The molecule has 1 atom stereocenters. The van der Waals surface area contributed by atoms with Crippen molar-refractivity contribution in [3.05, 3.63) is 76.5 Å². The van der Waals surface area contributed by atoms with Gasteiger partial charge in [-0.2, -0.15) is 5.26 Å². The van der Waals surface area contributed by atoms with Gasteiger partial charge in [-0.3, -0.25) is 0 Å². The molecule has 0 saturated heterocycles. The molecule has 1 aliphatic carbocycles. The molecule has 86 valence electrons. The van der Waals surface area contributed by atoms with Gasteiger partial charge < -0.3 is 5.11 Å². The van der Waals surface area contributed by atoms with E-state index in [1.54, 1.807) is 12.1 Å². The first kappa shape index (κ1) is 10.6. The third-order valence-electron chi connectivity index (χ3n) is 3.26. The molecule has 1 aliphatic rings. The third kappa shape index (κ3) is 1.57. The van der Waals surface area contributed by atoms with Gasteiger partial charge in [-0.15, -0.1) is 0 Å². The normalized spacial score (nSPS) is 16.8. The minimum absolute atomic E-state index is 0.144. The first-order chi connectivity index (χ1) is 8.79. The Kier molecular flexibility index (Phi) is 2.39. The van der Waals surface area contributed by atoms with Gasteiger partial charge in [-0.05, 0) is 34.9 Å². The average Bonchev–Trinajstić information content (AvgIpc) is 2.74. The van der Waals surface area contributed by atoms with Crippen molar-refractivity contribution >= 4 is 6.08 Å². The lowest BCUT2D eigenvalue weighted by Gasteiger charge is -2.13. The van der Waals surface area contributed by atoms with Gasteiger partial charge in [-0.1, -0.05) is 36.4 Å². The summed E-state index contributed by atoms with van der Waals surface area (Å²) in [4.78, 5) is 0. The molecule has 2 aromatic rings. The standard InChI is InChI=1S/C16H11NO/c17-10-11-4-3-6-13(8-11)16-14-7-2-1-5-12(14)9-15(16)18/h1-9,16,18H. The summed E-state index contributed by atoms with van der Waals surface area (Å²) < 4.78 is 0. The summed E-state index contributed by atoms with van der Waals surface area (Å²) in [6.45, 7) is 0. The molecule has 1 unspecified atom stereocenters. The average molecular weight is 233 g/mol. The highest BCUT2D eigenvalue weighted by Gasteiger charge is 2.26. The van der Waals surface area contributed by atoms with Gasteiger partial charge in [0.25, 0.3) is 0 Å². The van der Waals surface area contributed by atoms with Crippen LogP contribution in [0.4, 0.5) is 0 Å². The number of benzene rings is 2. The van der Waals surface area contributed by atoms with Gasteiger partial charge in [0, 0.05) is 0 Å². The van der Waals surface area contributed by atoms with Crippen LogP contribution in [0.3, 0.4) is 0 Å². The van der Waals surface area contributed by atoms with Crippen LogP contribution in [0.5, 0.6) is 0 Å². The van der Waals surface area contributed by atoms with E-state index in [1.807, 2.05) is 42.5 Å². The fourth-order valence-corrected chi connectivity index (χ4v) is 2.45. The molecule has 0 aliphatic heterocycles. The van der Waals surface area contributed by atoms with E-state index in [2.05, 4.69) is 6.07 Å². The van der Waals surface area contributed by atoms with Crippen LogP contribution in [-0.2, 0) is 0 Å². The highest BCUT2D eigenvalue weighted by molar-refractivity contribution is 5.67. The molecule has 0 amide bonds. The number of hydrogen-bond acceptors (Lipinski definition) is 2. The predicted octanol–water partition coefficient (Wildman–Crippen LogP) is 3.60. The van der Waals surface area contributed by atoms with E-state index < -0.39 is 0 Å². The Morgan fingerprint density at radius 2 is 1.89 bits per heavy atom. The first-order valence-electron chi connectivity index (χ1n) is 5.79. The van der Waals surface area contributed by atoms with Crippen molar-refractivity contribution in [2.75, 3.05) is 0 Å². The number of nitrogens with zero attached hydrogens (tertiary/aromatic N) is 1. The second kappa shape index (κ2) is 4.05. The van der Waals surface area contributed by atoms with E-state index in [9.17, 15) is 5.11 Å². The lowest BCUT2D eigenvalue weighted by atomic mass is 9.91. The summed E-state index contributed by atoms with van der Waals surface area (Å²) in [5, 5.41) is 19.0. The smallest absolute Gasteiger partial charge is 0.105 e. The Balaban J connectivity index is 2.13. The Morgan fingerprint density at radius 1 is 1.06 bits per heavy atom. The summed E-state index contributed by atoms with van der Waals surface area (Å²) in [5.41, 5.74) is 3.70. The lowest BCUT2D eigenvalue weighted by Crippen LogP contribution is -2.01. The van der Waals surface area contributed by atoms with E-state index >= 15 is 0 Å². The number of aliphatic hydroxyl groups excluding tert-OH is 1. The van der Waals surface area contributed by atoms with Crippen molar-refractivity contribution in [2.45, 2.75) is 5.92 Å². The first-order valence-corrected chi connectivity index (χ1v) is 5.79. The molecule has 0 spiro atoms. The molecule has 2 heteroatoms. The molecule has 0 heterocycles. The van der Waals surface area contributed by atoms with Gasteiger partial charge >= 0.3 is 0 Å². The molecule has 0 fully saturated rings. The Bertz CT molecular complexity index is 679. The SMILES string of the molecule is N#Cc1cccc(C2C(O)=Cc3ccccc32)c1. The molecule has 2 nitrogen and oxygen atoms in total. The molecule has 18 heavy (non-hydrogen) atoms. The van der Waals surface area contributed by atoms with Gasteiger partial charge in [0.2, 0.25) is 0 Å². The highest BCUT2D eigenvalue weighted by Crippen LogP contribution is 2.39. The number of allylic oxidation sites excluding steroid dienone is 1. The highest BCUT2D eigenvalue weighted by atomic mass is 16.3. The zero-order chi connectivity index (χ0) is 12.5. The van der Waals surface area contributed by atoms with Crippen LogP contribution in [0.15, 0.2) is 54.3 Å². The maximum atomic E-state index is 10.1. The van der Waals surface area contributed by atoms with Crippen LogP contribution < -0.4 is 0 Å². The molecular weight excluding hydrogens is 222 g/mol. The van der Waals surface area contributed by atoms with Crippen molar-refractivity contribution < 1.29 is 5.11 Å². The summed E-state index contributed by atoms with van der Waals surface area (Å²) in [7, 11) is 0. The van der Waals surface area contributed by atoms with Gasteiger partial charge in [0.1, 0.15) is 5.76 Å². The molecule has 0 bridgehead atoms.